The van der Waals surface area contributed by atoms with Gasteiger partial charge in [-0.05, 0) is 70.7 Å². The summed E-state index contributed by atoms with van der Waals surface area (Å²) in [6, 6.07) is 12.7. The van der Waals surface area contributed by atoms with E-state index in [1.54, 1.807) is 6.07 Å². The SMILES string of the molecule is CC1=C(CC(=O)O)c2cc(F)ccc2C1=Cc1ccc(N(C)C)cc1. The maximum Gasteiger partial charge on any atom is 0.307 e. The van der Waals surface area contributed by atoms with Gasteiger partial charge in [0.05, 0.1) is 6.42 Å². The standard InChI is InChI=1S/C21H20FNO2/c1-13-18(10-14-4-7-16(8-5-14)23(2)3)17-9-6-15(22)11-20(17)19(13)12-21(24)25/h4-11H,12H2,1-3H3,(H,24,25). The number of anilines is 1. The van der Waals surface area contributed by atoms with E-state index in [4.69, 9.17) is 0 Å². The van der Waals surface area contributed by atoms with E-state index >= 15 is 0 Å². The molecule has 0 amide bonds. The number of fused-ring (bicyclic) bond motifs is 1. The van der Waals surface area contributed by atoms with Crippen LogP contribution in [0.25, 0.3) is 17.2 Å². The summed E-state index contributed by atoms with van der Waals surface area (Å²) >= 11 is 0. The maximum absolute atomic E-state index is 13.7. The number of aliphatic carboxylic acids is 1. The Balaban J connectivity index is 2.09. The molecule has 0 radical (unpaired) electrons. The van der Waals surface area contributed by atoms with Crippen molar-refractivity contribution in [3.05, 3.63) is 70.5 Å². The molecule has 0 bridgehead atoms. The van der Waals surface area contributed by atoms with Gasteiger partial charge in [-0.15, -0.1) is 0 Å². The number of nitrogens with zero attached hydrogens (tertiary/aromatic N) is 1. The molecule has 3 nitrogen and oxygen atoms in total. The van der Waals surface area contributed by atoms with Crippen LogP contribution in [0.1, 0.15) is 30.0 Å². The number of allylic oxidation sites excluding steroid dienone is 2. The van der Waals surface area contributed by atoms with E-state index in [0.29, 0.717) is 11.1 Å². The van der Waals surface area contributed by atoms with Gasteiger partial charge in [-0.25, -0.2) is 4.39 Å². The molecule has 0 saturated heterocycles. The second kappa shape index (κ2) is 6.55. The molecule has 128 valence electrons. The Morgan fingerprint density at radius 1 is 1.12 bits per heavy atom. The average Bonchev–Trinajstić information content (AvgIpc) is 2.80. The zero-order valence-corrected chi connectivity index (χ0v) is 14.5. The van der Waals surface area contributed by atoms with Crippen LogP contribution in [0.3, 0.4) is 0 Å². The number of hydrogen-bond acceptors (Lipinski definition) is 2. The highest BCUT2D eigenvalue weighted by Gasteiger charge is 2.25. The van der Waals surface area contributed by atoms with Crippen LogP contribution in [-0.2, 0) is 4.79 Å². The molecule has 2 aromatic rings. The minimum atomic E-state index is -0.916. The highest BCUT2D eigenvalue weighted by Crippen LogP contribution is 2.43. The van der Waals surface area contributed by atoms with E-state index in [2.05, 4.69) is 0 Å². The lowest BCUT2D eigenvalue weighted by molar-refractivity contribution is -0.135. The lowest BCUT2D eigenvalue weighted by Crippen LogP contribution is -2.07. The van der Waals surface area contributed by atoms with E-state index in [1.807, 2.05) is 56.3 Å². The summed E-state index contributed by atoms with van der Waals surface area (Å²) in [4.78, 5) is 13.2. The Labute approximate surface area is 146 Å². The number of rotatable bonds is 4. The smallest absolute Gasteiger partial charge is 0.307 e. The molecule has 0 saturated carbocycles. The molecule has 4 heteroatoms. The van der Waals surface area contributed by atoms with E-state index in [0.717, 1.165) is 28.0 Å². The molecule has 0 aromatic heterocycles. The number of carbonyl (C=O) groups is 1. The molecule has 0 unspecified atom stereocenters. The van der Waals surface area contributed by atoms with Crippen LogP contribution < -0.4 is 4.90 Å². The minimum absolute atomic E-state index is 0.112. The first-order valence-corrected chi connectivity index (χ1v) is 8.08. The van der Waals surface area contributed by atoms with E-state index in [-0.39, 0.29) is 12.2 Å². The van der Waals surface area contributed by atoms with Crippen LogP contribution in [0.15, 0.2) is 48.0 Å². The Morgan fingerprint density at radius 3 is 2.40 bits per heavy atom. The van der Waals surface area contributed by atoms with Crippen LogP contribution in [0.2, 0.25) is 0 Å². The maximum atomic E-state index is 13.7. The van der Waals surface area contributed by atoms with Crippen molar-refractivity contribution in [1.29, 1.82) is 0 Å². The molecule has 0 spiro atoms. The van der Waals surface area contributed by atoms with Crippen molar-refractivity contribution in [3.8, 4) is 0 Å². The van der Waals surface area contributed by atoms with Crippen molar-refractivity contribution >= 4 is 28.9 Å². The van der Waals surface area contributed by atoms with Crippen molar-refractivity contribution in [3.63, 3.8) is 0 Å². The fourth-order valence-corrected chi connectivity index (χ4v) is 3.17. The molecule has 25 heavy (non-hydrogen) atoms. The topological polar surface area (TPSA) is 40.5 Å². The van der Waals surface area contributed by atoms with Gasteiger partial charge in [0.1, 0.15) is 5.82 Å². The second-order valence-corrected chi connectivity index (χ2v) is 6.41. The fraction of sp³-hybridized carbons (Fsp3) is 0.190. The Kier molecular flexibility index (Phi) is 4.45. The van der Waals surface area contributed by atoms with Crippen LogP contribution in [-0.4, -0.2) is 25.2 Å². The Hall–Kier alpha value is -2.88. The highest BCUT2D eigenvalue weighted by molar-refractivity contribution is 6.07. The summed E-state index contributed by atoms with van der Waals surface area (Å²) in [5, 5.41) is 9.19. The molecule has 0 atom stereocenters. The average molecular weight is 337 g/mol. The van der Waals surface area contributed by atoms with Gasteiger partial charge in [-0.2, -0.15) is 0 Å². The van der Waals surface area contributed by atoms with E-state index in [1.165, 1.54) is 12.1 Å². The van der Waals surface area contributed by atoms with Gasteiger partial charge in [0, 0.05) is 19.8 Å². The number of benzene rings is 2. The summed E-state index contributed by atoms with van der Waals surface area (Å²) in [5.41, 5.74) is 6.20. The Morgan fingerprint density at radius 2 is 1.80 bits per heavy atom. The molecule has 1 N–H and O–H groups in total. The fourth-order valence-electron chi connectivity index (χ4n) is 3.17. The molecule has 0 heterocycles. The number of halogens is 1. The van der Waals surface area contributed by atoms with Crippen LogP contribution in [0, 0.1) is 5.82 Å². The van der Waals surface area contributed by atoms with E-state index < -0.39 is 5.97 Å². The minimum Gasteiger partial charge on any atom is -0.481 e. The van der Waals surface area contributed by atoms with Gasteiger partial charge < -0.3 is 10.0 Å². The van der Waals surface area contributed by atoms with E-state index in [9.17, 15) is 14.3 Å². The van der Waals surface area contributed by atoms with Crippen LogP contribution in [0.4, 0.5) is 10.1 Å². The molecule has 0 fully saturated rings. The Bertz CT molecular complexity index is 893. The van der Waals surface area contributed by atoms with Gasteiger partial charge >= 0.3 is 5.97 Å². The monoisotopic (exact) mass is 337 g/mol. The molecular formula is C21H20FNO2. The first kappa shape index (κ1) is 17.0. The normalized spacial score (nSPS) is 14.8. The zero-order valence-electron chi connectivity index (χ0n) is 14.5. The van der Waals surface area contributed by atoms with Gasteiger partial charge in [0.2, 0.25) is 0 Å². The first-order valence-electron chi connectivity index (χ1n) is 8.08. The number of carboxylic acids is 1. The molecule has 1 aliphatic rings. The lowest BCUT2D eigenvalue weighted by Gasteiger charge is -2.12. The molecule has 3 rings (SSSR count). The van der Waals surface area contributed by atoms with Gasteiger partial charge in [0.25, 0.3) is 0 Å². The van der Waals surface area contributed by atoms with Gasteiger partial charge in [0.15, 0.2) is 0 Å². The lowest BCUT2D eigenvalue weighted by atomic mass is 10.0. The molecule has 2 aromatic carbocycles. The van der Waals surface area contributed by atoms with Crippen molar-refractivity contribution in [2.45, 2.75) is 13.3 Å². The summed E-state index contributed by atoms with van der Waals surface area (Å²) in [6.45, 7) is 1.90. The number of carboxylic acid groups (broad SMARTS) is 1. The summed E-state index contributed by atoms with van der Waals surface area (Å²) < 4.78 is 13.7. The third kappa shape index (κ3) is 3.33. The van der Waals surface area contributed by atoms with Crippen LogP contribution in [0.5, 0.6) is 0 Å². The predicted octanol–water partition coefficient (Wildman–Crippen LogP) is 4.69. The molecule has 0 aliphatic heterocycles. The quantitative estimate of drug-likeness (QED) is 0.879. The molecule has 1 aliphatic carbocycles. The largest absolute Gasteiger partial charge is 0.481 e. The summed E-state index contributed by atoms with van der Waals surface area (Å²) in [6.07, 6.45) is 1.92. The zero-order chi connectivity index (χ0) is 18.1. The van der Waals surface area contributed by atoms with Gasteiger partial charge in [-0.1, -0.05) is 18.2 Å². The van der Waals surface area contributed by atoms with Crippen LogP contribution >= 0.6 is 0 Å². The summed E-state index contributed by atoms with van der Waals surface area (Å²) in [7, 11) is 3.97. The predicted molar refractivity (Wildman–Crippen MR) is 99.9 cm³/mol. The highest BCUT2D eigenvalue weighted by atomic mass is 19.1. The second-order valence-electron chi connectivity index (χ2n) is 6.41. The third-order valence-corrected chi connectivity index (χ3v) is 4.50. The van der Waals surface area contributed by atoms with Gasteiger partial charge in [-0.3, -0.25) is 4.79 Å². The summed E-state index contributed by atoms with van der Waals surface area (Å²) in [5.74, 6) is -1.27. The van der Waals surface area contributed by atoms with Crippen molar-refractivity contribution in [2.75, 3.05) is 19.0 Å². The first-order chi connectivity index (χ1) is 11.9. The molecular weight excluding hydrogens is 317 g/mol. The van der Waals surface area contributed by atoms with Crippen molar-refractivity contribution in [1.82, 2.24) is 0 Å². The van der Waals surface area contributed by atoms with Crippen molar-refractivity contribution in [2.24, 2.45) is 0 Å². The number of hydrogen-bond donors (Lipinski definition) is 1. The van der Waals surface area contributed by atoms with Crippen molar-refractivity contribution < 1.29 is 14.3 Å². The third-order valence-electron chi connectivity index (χ3n) is 4.50.